The SMILES string of the molecule is NC(=O)C1C=CC=CC1(Oc1cnc2[nH]ccc2c1)S(=O)(=O)c1cnc(OCC2CCc3nccn3C2)c(Cl)c1. The molecule has 1 aliphatic heterocycles. The second-order valence-electron chi connectivity index (χ2n) is 9.71. The lowest BCUT2D eigenvalue weighted by atomic mass is 9.96. The molecule has 0 radical (unpaired) electrons. The minimum atomic E-state index is -4.47. The van der Waals surface area contributed by atoms with Crippen LogP contribution in [0.1, 0.15) is 12.2 Å². The highest BCUT2D eigenvalue weighted by Gasteiger charge is 2.54. The number of nitrogens with two attached hydrogens (primary N) is 1. The first-order valence-electron chi connectivity index (χ1n) is 12.6. The molecule has 3 atom stereocenters. The van der Waals surface area contributed by atoms with E-state index in [4.69, 9.17) is 26.8 Å². The van der Waals surface area contributed by atoms with Gasteiger partial charge in [-0.3, -0.25) is 4.79 Å². The monoisotopic (exact) mass is 580 g/mol. The molecular weight excluding hydrogens is 556 g/mol. The number of rotatable bonds is 8. The maximum atomic E-state index is 14.2. The van der Waals surface area contributed by atoms with E-state index in [2.05, 4.69) is 24.5 Å². The summed E-state index contributed by atoms with van der Waals surface area (Å²) in [4.78, 5) is 25.8. The highest BCUT2D eigenvalue weighted by atomic mass is 35.5. The molecule has 4 aromatic rings. The first-order valence-corrected chi connectivity index (χ1v) is 14.4. The van der Waals surface area contributed by atoms with E-state index in [1.807, 2.05) is 6.20 Å². The van der Waals surface area contributed by atoms with Crippen LogP contribution in [0.3, 0.4) is 0 Å². The number of pyridine rings is 2. The Morgan fingerprint density at radius 2 is 2.10 bits per heavy atom. The molecule has 0 fully saturated rings. The van der Waals surface area contributed by atoms with Crippen LogP contribution in [0, 0.1) is 11.8 Å². The zero-order valence-electron chi connectivity index (χ0n) is 21.1. The van der Waals surface area contributed by atoms with Crippen molar-refractivity contribution in [2.24, 2.45) is 17.6 Å². The topological polar surface area (TPSA) is 155 Å². The van der Waals surface area contributed by atoms with Crippen LogP contribution in [0.5, 0.6) is 11.6 Å². The minimum Gasteiger partial charge on any atom is -0.476 e. The number of sulfone groups is 1. The second-order valence-corrected chi connectivity index (χ2v) is 12.2. The number of amides is 1. The van der Waals surface area contributed by atoms with Gasteiger partial charge in [0.1, 0.15) is 28.2 Å². The van der Waals surface area contributed by atoms with Crippen LogP contribution in [0.2, 0.25) is 5.02 Å². The number of ether oxygens (including phenoxy) is 2. The third-order valence-corrected chi connectivity index (χ3v) is 9.56. The Hall–Kier alpha value is -4.16. The minimum absolute atomic E-state index is 0.0109. The van der Waals surface area contributed by atoms with E-state index in [0.717, 1.165) is 31.4 Å². The van der Waals surface area contributed by atoms with Crippen molar-refractivity contribution >= 4 is 38.4 Å². The highest BCUT2D eigenvalue weighted by Crippen LogP contribution is 2.40. The van der Waals surface area contributed by atoms with Gasteiger partial charge >= 0.3 is 0 Å². The molecule has 3 unspecified atom stereocenters. The van der Waals surface area contributed by atoms with Gasteiger partial charge in [-0.25, -0.2) is 23.4 Å². The molecule has 2 aliphatic rings. The van der Waals surface area contributed by atoms with E-state index in [9.17, 15) is 13.2 Å². The zero-order chi connectivity index (χ0) is 27.9. The Balaban J connectivity index is 1.30. The third kappa shape index (κ3) is 4.52. The molecule has 4 aromatic heterocycles. The molecule has 0 saturated carbocycles. The van der Waals surface area contributed by atoms with Crippen LogP contribution < -0.4 is 15.2 Å². The van der Waals surface area contributed by atoms with Crippen molar-refractivity contribution in [1.82, 2.24) is 24.5 Å². The maximum Gasteiger partial charge on any atom is 0.246 e. The number of allylic oxidation sites excluding steroid dienone is 2. The number of nitrogens with zero attached hydrogens (tertiary/aromatic N) is 4. The molecule has 11 nitrogen and oxygen atoms in total. The molecule has 206 valence electrons. The lowest BCUT2D eigenvalue weighted by molar-refractivity contribution is -0.123. The number of aryl methyl sites for hydroxylation is 1. The van der Waals surface area contributed by atoms with Crippen molar-refractivity contribution in [2.75, 3.05) is 6.61 Å². The number of aromatic amines is 1. The quantitative estimate of drug-likeness (QED) is 0.322. The van der Waals surface area contributed by atoms with E-state index in [1.54, 1.807) is 30.6 Å². The predicted molar refractivity (Wildman–Crippen MR) is 146 cm³/mol. The van der Waals surface area contributed by atoms with Gasteiger partial charge in [0.05, 0.1) is 17.7 Å². The molecule has 40 heavy (non-hydrogen) atoms. The van der Waals surface area contributed by atoms with Crippen molar-refractivity contribution in [3.8, 4) is 11.6 Å². The summed E-state index contributed by atoms with van der Waals surface area (Å²) in [6.45, 7) is 1.12. The van der Waals surface area contributed by atoms with Crippen LogP contribution in [-0.4, -0.2) is 50.4 Å². The van der Waals surface area contributed by atoms with Gasteiger partial charge < -0.3 is 24.8 Å². The fraction of sp³-hybridized carbons (Fsp3) is 0.259. The highest BCUT2D eigenvalue weighted by molar-refractivity contribution is 7.93. The summed E-state index contributed by atoms with van der Waals surface area (Å²) in [6.07, 6.45) is 15.4. The number of carbonyl (C=O) groups excluding carboxylic acids is 1. The first kappa shape index (κ1) is 26.1. The van der Waals surface area contributed by atoms with E-state index in [1.165, 1.54) is 30.5 Å². The smallest absolute Gasteiger partial charge is 0.246 e. The standard InChI is InChI=1S/C27H25ClN6O5S/c28-22-12-20(14-33-26(22)38-16-17-4-5-23-30-9-10-34(23)15-17)40(36,37)27(7-2-1-3-21(27)24(29)35)39-19-11-18-6-8-31-25(18)32-13-19/h1-3,6-14,17,21H,4-5,15-16H2,(H2,29,35)(H,31,32). The zero-order valence-corrected chi connectivity index (χ0v) is 22.7. The lowest BCUT2D eigenvalue weighted by Gasteiger charge is -2.36. The summed E-state index contributed by atoms with van der Waals surface area (Å²) in [5.41, 5.74) is 6.27. The van der Waals surface area contributed by atoms with Gasteiger partial charge in [0.2, 0.25) is 26.6 Å². The summed E-state index contributed by atoms with van der Waals surface area (Å²) in [7, 11) is -4.47. The van der Waals surface area contributed by atoms with Gasteiger partial charge in [-0.1, -0.05) is 29.8 Å². The number of fused-ring (bicyclic) bond motifs is 2. The molecule has 6 rings (SSSR count). The number of primary amides is 1. The Bertz CT molecular complexity index is 1760. The largest absolute Gasteiger partial charge is 0.476 e. The van der Waals surface area contributed by atoms with Crippen molar-refractivity contribution in [1.29, 1.82) is 0 Å². The molecule has 5 heterocycles. The average Bonchev–Trinajstić information content (AvgIpc) is 3.61. The first-order chi connectivity index (χ1) is 19.3. The van der Waals surface area contributed by atoms with E-state index >= 15 is 0 Å². The van der Waals surface area contributed by atoms with Crippen LogP contribution in [-0.2, 0) is 27.6 Å². The number of halogens is 1. The number of H-pyrrole nitrogens is 1. The fourth-order valence-corrected chi connectivity index (χ4v) is 7.19. The normalized spacial score (nSPS) is 22.2. The molecular formula is C27H25ClN6O5S. The van der Waals surface area contributed by atoms with E-state index in [-0.39, 0.29) is 27.5 Å². The molecule has 0 bridgehead atoms. The molecule has 0 spiro atoms. The third-order valence-electron chi connectivity index (χ3n) is 7.14. The van der Waals surface area contributed by atoms with Gasteiger partial charge in [0, 0.05) is 49.1 Å². The van der Waals surface area contributed by atoms with Crippen LogP contribution in [0.25, 0.3) is 11.0 Å². The van der Waals surface area contributed by atoms with Gasteiger partial charge in [-0.15, -0.1) is 0 Å². The van der Waals surface area contributed by atoms with Crippen LogP contribution in [0.4, 0.5) is 0 Å². The molecule has 1 amide bonds. The van der Waals surface area contributed by atoms with Gasteiger partial charge in [0.25, 0.3) is 0 Å². The van der Waals surface area contributed by atoms with Crippen molar-refractivity contribution < 1.29 is 22.7 Å². The number of aromatic nitrogens is 5. The predicted octanol–water partition coefficient (Wildman–Crippen LogP) is 3.23. The number of hydrogen-bond acceptors (Lipinski definition) is 8. The van der Waals surface area contributed by atoms with Crippen molar-refractivity contribution in [2.45, 2.75) is 29.2 Å². The van der Waals surface area contributed by atoms with Crippen LogP contribution in [0.15, 0.2) is 78.4 Å². The molecule has 0 aromatic carbocycles. The lowest BCUT2D eigenvalue weighted by Crippen LogP contribution is -2.54. The van der Waals surface area contributed by atoms with Gasteiger partial charge in [0.15, 0.2) is 0 Å². The Morgan fingerprint density at radius 1 is 1.23 bits per heavy atom. The summed E-state index contributed by atoms with van der Waals surface area (Å²) >= 11 is 6.47. The molecule has 1 aliphatic carbocycles. The Morgan fingerprint density at radius 3 is 2.92 bits per heavy atom. The van der Waals surface area contributed by atoms with Crippen LogP contribution >= 0.6 is 11.6 Å². The average molecular weight is 581 g/mol. The Labute approximate surface area is 234 Å². The van der Waals surface area contributed by atoms with E-state index < -0.39 is 26.6 Å². The summed E-state index contributed by atoms with van der Waals surface area (Å²) in [5, 5.41) is 0.709. The maximum absolute atomic E-state index is 14.2. The molecule has 3 N–H and O–H groups in total. The number of hydrogen-bond donors (Lipinski definition) is 2. The Kier molecular flexibility index (Phi) is 6.59. The summed E-state index contributed by atoms with van der Waals surface area (Å²) in [6, 6.07) is 4.64. The van der Waals surface area contributed by atoms with Gasteiger partial charge in [-0.05, 0) is 30.7 Å². The molecule has 13 heteroatoms. The number of nitrogens with one attached hydrogen (secondary N) is 1. The van der Waals surface area contributed by atoms with Gasteiger partial charge in [-0.2, -0.15) is 0 Å². The number of imidazole rings is 1. The van der Waals surface area contributed by atoms with Crippen molar-refractivity contribution in [3.63, 3.8) is 0 Å². The van der Waals surface area contributed by atoms with Crippen molar-refractivity contribution in [3.05, 3.63) is 84.3 Å². The molecule has 0 saturated heterocycles. The summed E-state index contributed by atoms with van der Waals surface area (Å²) in [5.74, 6) is -0.719. The number of carbonyl (C=O) groups is 1. The van der Waals surface area contributed by atoms with E-state index in [0.29, 0.717) is 17.6 Å². The summed E-state index contributed by atoms with van der Waals surface area (Å²) < 4.78 is 42.5. The second kappa shape index (κ2) is 10.1. The fourth-order valence-electron chi connectivity index (χ4n) is 5.08.